The van der Waals surface area contributed by atoms with Crippen LogP contribution in [0.3, 0.4) is 0 Å². The van der Waals surface area contributed by atoms with E-state index in [4.69, 9.17) is 0 Å². The second-order valence-corrected chi connectivity index (χ2v) is 6.85. The molecule has 17 heavy (non-hydrogen) atoms. The molecule has 0 saturated heterocycles. The fourth-order valence-corrected chi connectivity index (χ4v) is 1.33. The zero-order valence-electron chi connectivity index (χ0n) is 11.9. The van der Waals surface area contributed by atoms with Crippen LogP contribution < -0.4 is 10.6 Å². The Morgan fingerprint density at radius 3 is 1.29 bits per heavy atom. The summed E-state index contributed by atoms with van der Waals surface area (Å²) < 4.78 is 0. The first-order valence-electron chi connectivity index (χ1n) is 6.03. The van der Waals surface area contributed by atoms with Gasteiger partial charge >= 0.3 is 0 Å². The molecule has 0 aliphatic rings. The summed E-state index contributed by atoms with van der Waals surface area (Å²) in [7, 11) is 0. The smallest absolute Gasteiger partial charge is 0.221 e. The number of nitrogens with one attached hydrogen (secondary N) is 2. The Morgan fingerprint density at radius 1 is 0.765 bits per heavy atom. The molecule has 0 radical (unpaired) electrons. The van der Waals surface area contributed by atoms with E-state index in [1.807, 2.05) is 41.5 Å². The van der Waals surface area contributed by atoms with Crippen molar-refractivity contribution >= 4 is 11.8 Å². The molecule has 0 aromatic heterocycles. The fourth-order valence-electron chi connectivity index (χ4n) is 1.33. The standard InChI is InChI=1S/C13H26N2O2/c1-12(2,3)7-10(16)14-9-15-11(17)8-13(4,5)6/h7-9H2,1-6H3,(H,14,16)(H,15,17). The normalized spacial score (nSPS) is 12.1. The van der Waals surface area contributed by atoms with E-state index in [1.54, 1.807) is 0 Å². The van der Waals surface area contributed by atoms with Gasteiger partial charge in [0.25, 0.3) is 0 Å². The molecule has 4 heteroatoms. The molecule has 0 aromatic carbocycles. The van der Waals surface area contributed by atoms with Gasteiger partial charge in [-0.05, 0) is 10.8 Å². The molecule has 0 saturated carbocycles. The topological polar surface area (TPSA) is 58.2 Å². The summed E-state index contributed by atoms with van der Waals surface area (Å²) in [6.07, 6.45) is 0.921. The predicted octanol–water partition coefficient (Wildman–Crippen LogP) is 2.05. The Labute approximate surface area is 105 Å². The van der Waals surface area contributed by atoms with Crippen LogP contribution in [-0.4, -0.2) is 18.5 Å². The van der Waals surface area contributed by atoms with Gasteiger partial charge in [0.15, 0.2) is 0 Å². The van der Waals surface area contributed by atoms with E-state index in [-0.39, 0.29) is 29.3 Å². The first-order chi connectivity index (χ1) is 7.49. The van der Waals surface area contributed by atoms with Crippen LogP contribution in [0.25, 0.3) is 0 Å². The Bertz CT molecular complexity index is 244. The van der Waals surface area contributed by atoms with Crippen molar-refractivity contribution in [2.45, 2.75) is 54.4 Å². The maximum Gasteiger partial charge on any atom is 0.221 e. The molecule has 0 aliphatic carbocycles. The third-order valence-corrected chi connectivity index (χ3v) is 1.95. The van der Waals surface area contributed by atoms with Crippen molar-refractivity contribution in [3.05, 3.63) is 0 Å². The van der Waals surface area contributed by atoms with Gasteiger partial charge in [0.2, 0.25) is 11.8 Å². The van der Waals surface area contributed by atoms with Gasteiger partial charge in [-0.25, -0.2) is 0 Å². The van der Waals surface area contributed by atoms with Gasteiger partial charge in [0.1, 0.15) is 0 Å². The van der Waals surface area contributed by atoms with E-state index in [0.717, 1.165) is 0 Å². The zero-order chi connectivity index (χ0) is 13.7. The molecular weight excluding hydrogens is 216 g/mol. The highest BCUT2D eigenvalue weighted by atomic mass is 16.2. The van der Waals surface area contributed by atoms with Gasteiger partial charge in [-0.3, -0.25) is 9.59 Å². The van der Waals surface area contributed by atoms with Crippen LogP contribution in [0, 0.1) is 10.8 Å². The van der Waals surface area contributed by atoms with Crippen LogP contribution in [0.2, 0.25) is 0 Å². The Morgan fingerprint density at radius 2 is 1.06 bits per heavy atom. The molecule has 0 aliphatic heterocycles. The molecule has 0 bridgehead atoms. The number of amides is 2. The highest BCUT2D eigenvalue weighted by Crippen LogP contribution is 2.18. The third-order valence-electron chi connectivity index (χ3n) is 1.95. The maximum absolute atomic E-state index is 11.5. The van der Waals surface area contributed by atoms with Crippen molar-refractivity contribution in [1.82, 2.24) is 10.6 Å². The molecule has 4 nitrogen and oxygen atoms in total. The van der Waals surface area contributed by atoms with E-state index in [0.29, 0.717) is 12.8 Å². The van der Waals surface area contributed by atoms with Crippen LogP contribution in [0.1, 0.15) is 54.4 Å². The van der Waals surface area contributed by atoms with Crippen molar-refractivity contribution < 1.29 is 9.59 Å². The van der Waals surface area contributed by atoms with E-state index in [2.05, 4.69) is 10.6 Å². The second-order valence-electron chi connectivity index (χ2n) is 6.85. The Kier molecular flexibility index (Phi) is 5.66. The molecule has 0 atom stereocenters. The van der Waals surface area contributed by atoms with Gasteiger partial charge in [-0.2, -0.15) is 0 Å². The summed E-state index contributed by atoms with van der Waals surface area (Å²) in [6, 6.07) is 0. The summed E-state index contributed by atoms with van der Waals surface area (Å²) in [5, 5.41) is 5.37. The Balaban J connectivity index is 3.78. The molecule has 100 valence electrons. The van der Waals surface area contributed by atoms with Crippen molar-refractivity contribution in [3.63, 3.8) is 0 Å². The maximum atomic E-state index is 11.5. The van der Waals surface area contributed by atoms with Gasteiger partial charge in [0, 0.05) is 12.8 Å². The summed E-state index contributed by atoms with van der Waals surface area (Å²) >= 11 is 0. The van der Waals surface area contributed by atoms with Gasteiger partial charge < -0.3 is 10.6 Å². The summed E-state index contributed by atoms with van der Waals surface area (Å²) in [5.41, 5.74) is -0.0565. The third kappa shape index (κ3) is 11.2. The van der Waals surface area contributed by atoms with Crippen molar-refractivity contribution in [2.24, 2.45) is 10.8 Å². The molecule has 0 heterocycles. The van der Waals surface area contributed by atoms with Crippen LogP contribution in [0.4, 0.5) is 0 Å². The lowest BCUT2D eigenvalue weighted by atomic mass is 9.92. The molecule has 0 unspecified atom stereocenters. The average molecular weight is 242 g/mol. The van der Waals surface area contributed by atoms with Crippen LogP contribution in [0.15, 0.2) is 0 Å². The molecule has 2 amide bonds. The van der Waals surface area contributed by atoms with Crippen molar-refractivity contribution in [1.29, 1.82) is 0 Å². The first kappa shape index (κ1) is 15.9. The lowest BCUT2D eigenvalue weighted by Gasteiger charge is -2.19. The van der Waals surface area contributed by atoms with E-state index in [9.17, 15) is 9.59 Å². The largest absolute Gasteiger partial charge is 0.339 e. The molecule has 0 fully saturated rings. The van der Waals surface area contributed by atoms with Crippen LogP contribution >= 0.6 is 0 Å². The lowest BCUT2D eigenvalue weighted by Crippen LogP contribution is -2.39. The summed E-state index contributed by atoms with van der Waals surface area (Å²) in [4.78, 5) is 22.9. The minimum absolute atomic E-state index is 0.0283. The number of carbonyl (C=O) groups excluding carboxylic acids is 2. The number of carbonyl (C=O) groups is 2. The van der Waals surface area contributed by atoms with Gasteiger partial charge in [-0.15, -0.1) is 0 Å². The van der Waals surface area contributed by atoms with Crippen molar-refractivity contribution in [3.8, 4) is 0 Å². The lowest BCUT2D eigenvalue weighted by molar-refractivity contribution is -0.124. The SMILES string of the molecule is CC(C)(C)CC(=O)NCNC(=O)CC(C)(C)C. The Hall–Kier alpha value is -1.06. The van der Waals surface area contributed by atoms with E-state index < -0.39 is 0 Å². The monoisotopic (exact) mass is 242 g/mol. The van der Waals surface area contributed by atoms with Gasteiger partial charge in [0.05, 0.1) is 6.67 Å². The predicted molar refractivity (Wildman–Crippen MR) is 69.3 cm³/mol. The summed E-state index contributed by atoms with van der Waals surface area (Å²) in [6.45, 7) is 12.2. The molecule has 0 rings (SSSR count). The number of rotatable bonds is 4. The minimum atomic E-state index is -0.0337. The van der Waals surface area contributed by atoms with Crippen LogP contribution in [-0.2, 0) is 9.59 Å². The molecular formula is C13H26N2O2. The highest BCUT2D eigenvalue weighted by Gasteiger charge is 2.17. The molecule has 2 N–H and O–H groups in total. The highest BCUT2D eigenvalue weighted by molar-refractivity contribution is 5.79. The molecule has 0 aromatic rings. The first-order valence-corrected chi connectivity index (χ1v) is 6.03. The number of hydrogen-bond acceptors (Lipinski definition) is 2. The number of hydrogen-bond donors (Lipinski definition) is 2. The fraction of sp³-hybridized carbons (Fsp3) is 0.846. The van der Waals surface area contributed by atoms with Crippen molar-refractivity contribution in [2.75, 3.05) is 6.67 Å². The van der Waals surface area contributed by atoms with Crippen LogP contribution in [0.5, 0.6) is 0 Å². The second kappa shape index (κ2) is 6.03. The minimum Gasteiger partial charge on any atom is -0.339 e. The quantitative estimate of drug-likeness (QED) is 0.741. The average Bonchev–Trinajstić information content (AvgIpc) is 1.95. The van der Waals surface area contributed by atoms with E-state index in [1.165, 1.54) is 0 Å². The molecule has 0 spiro atoms. The zero-order valence-corrected chi connectivity index (χ0v) is 11.9. The van der Waals surface area contributed by atoms with E-state index >= 15 is 0 Å². The summed E-state index contributed by atoms with van der Waals surface area (Å²) in [5.74, 6) is -0.0675. The van der Waals surface area contributed by atoms with Gasteiger partial charge in [-0.1, -0.05) is 41.5 Å².